The number of hydrogen-bond acceptors (Lipinski definition) is 3. The predicted molar refractivity (Wildman–Crippen MR) is 74.1 cm³/mol. The minimum atomic E-state index is -0.254. The van der Waals surface area contributed by atoms with Crippen molar-refractivity contribution in [2.45, 2.75) is 51.2 Å². The Morgan fingerprint density at radius 3 is 2.89 bits per heavy atom. The highest BCUT2D eigenvalue weighted by Crippen LogP contribution is 2.20. The highest BCUT2D eigenvalue weighted by Gasteiger charge is 2.31. The third kappa shape index (κ3) is 3.84. The van der Waals surface area contributed by atoms with Gasteiger partial charge in [0.25, 0.3) is 5.91 Å². The molecule has 2 aliphatic heterocycles. The molecule has 2 fully saturated rings. The quantitative estimate of drug-likeness (QED) is 0.833. The molecule has 106 valence electrons. The molecule has 2 saturated heterocycles. The van der Waals surface area contributed by atoms with Crippen LogP contribution in [-0.2, 0) is 9.53 Å². The van der Waals surface area contributed by atoms with Crippen molar-refractivity contribution in [1.29, 1.82) is 0 Å². The van der Waals surface area contributed by atoms with Gasteiger partial charge in [0.15, 0.2) is 0 Å². The first-order valence-electron chi connectivity index (χ1n) is 6.95. The zero-order chi connectivity index (χ0) is 12.1. The van der Waals surface area contributed by atoms with Gasteiger partial charge in [-0.2, -0.15) is 0 Å². The molecule has 0 spiro atoms. The van der Waals surface area contributed by atoms with E-state index in [1.807, 2.05) is 0 Å². The molecule has 0 aromatic rings. The first kappa shape index (κ1) is 15.7. The van der Waals surface area contributed by atoms with Crippen LogP contribution >= 0.6 is 12.4 Å². The second-order valence-electron chi connectivity index (χ2n) is 5.01. The van der Waals surface area contributed by atoms with Crippen molar-refractivity contribution in [2.24, 2.45) is 0 Å². The fourth-order valence-electron chi connectivity index (χ4n) is 2.80. The Morgan fingerprint density at radius 2 is 2.22 bits per heavy atom. The van der Waals surface area contributed by atoms with Crippen LogP contribution in [0.15, 0.2) is 0 Å². The summed E-state index contributed by atoms with van der Waals surface area (Å²) >= 11 is 0. The molecule has 0 aliphatic carbocycles. The summed E-state index contributed by atoms with van der Waals surface area (Å²) in [6, 6.07) is 0.426. The Bertz CT molecular complexity index is 257. The molecule has 1 N–H and O–H groups in total. The summed E-state index contributed by atoms with van der Waals surface area (Å²) in [6.07, 6.45) is 5.61. The average molecular weight is 277 g/mol. The Kier molecular flexibility index (Phi) is 6.97. The van der Waals surface area contributed by atoms with E-state index in [9.17, 15) is 4.79 Å². The van der Waals surface area contributed by atoms with E-state index in [2.05, 4.69) is 17.1 Å². The van der Waals surface area contributed by atoms with Crippen LogP contribution in [0, 0.1) is 0 Å². The van der Waals surface area contributed by atoms with Crippen LogP contribution in [0.4, 0.5) is 0 Å². The standard InChI is InChI=1S/C13H24N2O2.ClH/c1-2-11-6-4-3-5-8-15(11)13(16)12-10-14-7-9-17-12;/h11-12,14H,2-10H2,1H3;1H. The molecular weight excluding hydrogens is 252 g/mol. The molecule has 2 unspecified atom stereocenters. The van der Waals surface area contributed by atoms with E-state index in [0.717, 1.165) is 32.4 Å². The molecule has 2 atom stereocenters. The smallest absolute Gasteiger partial charge is 0.253 e. The number of carbonyl (C=O) groups excluding carboxylic acids is 1. The summed E-state index contributed by atoms with van der Waals surface area (Å²) in [7, 11) is 0. The van der Waals surface area contributed by atoms with Gasteiger partial charge in [-0.05, 0) is 19.3 Å². The Balaban J connectivity index is 0.00000162. The Labute approximate surface area is 116 Å². The lowest BCUT2D eigenvalue weighted by Gasteiger charge is -2.34. The number of morpholine rings is 1. The Morgan fingerprint density at radius 1 is 1.39 bits per heavy atom. The summed E-state index contributed by atoms with van der Waals surface area (Å²) in [5.41, 5.74) is 0. The number of nitrogens with zero attached hydrogens (tertiary/aromatic N) is 1. The topological polar surface area (TPSA) is 41.6 Å². The maximum absolute atomic E-state index is 12.4. The highest BCUT2D eigenvalue weighted by atomic mass is 35.5. The average Bonchev–Trinajstić information content (AvgIpc) is 2.64. The molecule has 0 aromatic heterocycles. The maximum atomic E-state index is 12.4. The van der Waals surface area contributed by atoms with Gasteiger partial charge in [-0.15, -0.1) is 12.4 Å². The number of halogens is 1. The van der Waals surface area contributed by atoms with Crippen LogP contribution in [0.2, 0.25) is 0 Å². The number of hydrogen-bond donors (Lipinski definition) is 1. The normalized spacial score (nSPS) is 29.3. The van der Waals surface area contributed by atoms with Crippen LogP contribution in [-0.4, -0.2) is 49.2 Å². The molecule has 2 heterocycles. The fraction of sp³-hybridized carbons (Fsp3) is 0.923. The monoisotopic (exact) mass is 276 g/mol. The van der Waals surface area contributed by atoms with E-state index in [0.29, 0.717) is 19.2 Å². The van der Waals surface area contributed by atoms with E-state index in [1.165, 1.54) is 12.8 Å². The molecule has 0 saturated carbocycles. The molecule has 2 rings (SSSR count). The van der Waals surface area contributed by atoms with Crippen molar-refractivity contribution in [1.82, 2.24) is 10.2 Å². The zero-order valence-electron chi connectivity index (χ0n) is 11.2. The third-order valence-electron chi connectivity index (χ3n) is 3.83. The van der Waals surface area contributed by atoms with E-state index < -0.39 is 0 Å². The molecule has 0 aromatic carbocycles. The van der Waals surface area contributed by atoms with Crippen LogP contribution in [0.3, 0.4) is 0 Å². The number of likely N-dealkylation sites (tertiary alicyclic amines) is 1. The summed E-state index contributed by atoms with van der Waals surface area (Å²) in [5.74, 6) is 0.200. The molecule has 5 heteroatoms. The second kappa shape index (κ2) is 7.97. The molecule has 0 bridgehead atoms. The summed E-state index contributed by atoms with van der Waals surface area (Å²) in [4.78, 5) is 14.5. The SMILES string of the molecule is CCC1CCCCCN1C(=O)C1CNCCO1.Cl. The van der Waals surface area contributed by atoms with Crippen LogP contribution in [0.5, 0.6) is 0 Å². The summed E-state index contributed by atoms with van der Waals surface area (Å²) in [5, 5.41) is 3.23. The molecule has 4 nitrogen and oxygen atoms in total. The molecule has 0 radical (unpaired) electrons. The van der Waals surface area contributed by atoms with Gasteiger partial charge < -0.3 is 15.0 Å². The van der Waals surface area contributed by atoms with Crippen molar-refractivity contribution >= 4 is 18.3 Å². The van der Waals surface area contributed by atoms with Crippen molar-refractivity contribution in [3.63, 3.8) is 0 Å². The largest absolute Gasteiger partial charge is 0.366 e. The molecule has 2 aliphatic rings. The van der Waals surface area contributed by atoms with Crippen LogP contribution in [0.25, 0.3) is 0 Å². The molecular formula is C13H25ClN2O2. The first-order valence-corrected chi connectivity index (χ1v) is 6.95. The van der Waals surface area contributed by atoms with E-state index in [4.69, 9.17) is 4.74 Å². The van der Waals surface area contributed by atoms with Crippen molar-refractivity contribution in [3.05, 3.63) is 0 Å². The number of carbonyl (C=O) groups is 1. The van der Waals surface area contributed by atoms with E-state index in [-0.39, 0.29) is 24.4 Å². The van der Waals surface area contributed by atoms with Gasteiger partial charge in [-0.25, -0.2) is 0 Å². The van der Waals surface area contributed by atoms with Crippen molar-refractivity contribution < 1.29 is 9.53 Å². The molecule has 18 heavy (non-hydrogen) atoms. The van der Waals surface area contributed by atoms with Gasteiger partial charge in [0.05, 0.1) is 6.61 Å². The van der Waals surface area contributed by atoms with Crippen molar-refractivity contribution in [3.8, 4) is 0 Å². The lowest BCUT2D eigenvalue weighted by Crippen LogP contribution is -2.52. The van der Waals surface area contributed by atoms with Gasteiger partial charge in [-0.1, -0.05) is 19.8 Å². The second-order valence-corrected chi connectivity index (χ2v) is 5.01. The minimum Gasteiger partial charge on any atom is -0.366 e. The van der Waals surface area contributed by atoms with E-state index in [1.54, 1.807) is 0 Å². The number of nitrogens with one attached hydrogen (secondary N) is 1. The van der Waals surface area contributed by atoms with Gasteiger partial charge in [0.2, 0.25) is 0 Å². The summed E-state index contributed by atoms with van der Waals surface area (Å²) in [6.45, 7) is 5.28. The summed E-state index contributed by atoms with van der Waals surface area (Å²) < 4.78 is 5.57. The van der Waals surface area contributed by atoms with E-state index >= 15 is 0 Å². The lowest BCUT2D eigenvalue weighted by atomic mass is 10.1. The van der Waals surface area contributed by atoms with Crippen molar-refractivity contribution in [2.75, 3.05) is 26.2 Å². The van der Waals surface area contributed by atoms with Crippen LogP contribution in [0.1, 0.15) is 39.0 Å². The number of ether oxygens (including phenoxy) is 1. The molecule has 1 amide bonds. The van der Waals surface area contributed by atoms with Gasteiger partial charge in [0, 0.05) is 25.7 Å². The first-order chi connectivity index (χ1) is 8.33. The maximum Gasteiger partial charge on any atom is 0.253 e. The van der Waals surface area contributed by atoms with Gasteiger partial charge >= 0.3 is 0 Å². The predicted octanol–water partition coefficient (Wildman–Crippen LogP) is 1.58. The van der Waals surface area contributed by atoms with Crippen LogP contribution < -0.4 is 5.32 Å². The fourth-order valence-corrected chi connectivity index (χ4v) is 2.80. The third-order valence-corrected chi connectivity index (χ3v) is 3.83. The highest BCUT2D eigenvalue weighted by molar-refractivity contribution is 5.85. The number of rotatable bonds is 2. The van der Waals surface area contributed by atoms with Gasteiger partial charge in [-0.3, -0.25) is 4.79 Å². The minimum absolute atomic E-state index is 0. The van der Waals surface area contributed by atoms with Gasteiger partial charge in [0.1, 0.15) is 6.10 Å². The number of amides is 1. The zero-order valence-corrected chi connectivity index (χ0v) is 12.0. The lowest BCUT2D eigenvalue weighted by molar-refractivity contribution is -0.147. The Hall–Kier alpha value is -0.320.